The molecule has 1 aromatic heterocycles. The zero-order valence-corrected chi connectivity index (χ0v) is 10.1. The Morgan fingerprint density at radius 1 is 1.47 bits per heavy atom. The Kier molecular flexibility index (Phi) is 3.76. The van der Waals surface area contributed by atoms with Crippen molar-refractivity contribution in [3.63, 3.8) is 0 Å². The molecule has 0 saturated heterocycles. The van der Waals surface area contributed by atoms with Crippen molar-refractivity contribution in [3.8, 4) is 0 Å². The quantitative estimate of drug-likeness (QED) is 0.856. The third-order valence-corrected chi connectivity index (χ3v) is 2.45. The zero-order chi connectivity index (χ0) is 11.5. The van der Waals surface area contributed by atoms with Gasteiger partial charge in [-0.2, -0.15) is 0 Å². The van der Waals surface area contributed by atoms with Gasteiger partial charge in [-0.25, -0.2) is 0 Å². The lowest BCUT2D eigenvalue weighted by Gasteiger charge is -2.15. The van der Waals surface area contributed by atoms with Crippen molar-refractivity contribution in [1.82, 2.24) is 10.2 Å². The van der Waals surface area contributed by atoms with Gasteiger partial charge in [0.2, 0.25) is 11.0 Å². The van der Waals surface area contributed by atoms with Crippen LogP contribution in [0.3, 0.4) is 0 Å². The average Bonchev–Trinajstić information content (AvgIpc) is 2.51. The van der Waals surface area contributed by atoms with Crippen LogP contribution in [-0.4, -0.2) is 23.2 Å². The van der Waals surface area contributed by atoms with E-state index in [-0.39, 0.29) is 5.91 Å². The van der Waals surface area contributed by atoms with Gasteiger partial charge in [-0.15, -0.1) is 10.2 Å². The number of amides is 1. The maximum Gasteiger partial charge on any atom is 0.231 e. The summed E-state index contributed by atoms with van der Waals surface area (Å²) in [5, 5.41) is 11.7. The Labute approximate surface area is 92.9 Å². The van der Waals surface area contributed by atoms with Gasteiger partial charge in [0, 0.05) is 12.5 Å². The van der Waals surface area contributed by atoms with Gasteiger partial charge in [-0.05, 0) is 0 Å². The van der Waals surface area contributed by atoms with Crippen LogP contribution in [-0.2, 0) is 16.1 Å². The monoisotopic (exact) mass is 229 g/mol. The van der Waals surface area contributed by atoms with Gasteiger partial charge in [0.05, 0.1) is 0 Å². The number of methoxy groups -OCH3 is 1. The fourth-order valence-electron chi connectivity index (χ4n) is 0.771. The molecule has 0 aromatic carbocycles. The van der Waals surface area contributed by atoms with Crippen molar-refractivity contribution in [1.29, 1.82) is 0 Å². The number of nitrogens with zero attached hydrogens (tertiary/aromatic N) is 2. The van der Waals surface area contributed by atoms with Gasteiger partial charge in [0.25, 0.3) is 0 Å². The smallest absolute Gasteiger partial charge is 0.231 e. The van der Waals surface area contributed by atoms with Gasteiger partial charge in [-0.3, -0.25) is 4.79 Å². The Hall–Kier alpha value is -1.01. The SMILES string of the molecule is COCc1nnc(NC(=O)C(C)(C)C)s1. The highest BCUT2D eigenvalue weighted by molar-refractivity contribution is 7.15. The number of ether oxygens (including phenoxy) is 1. The molecule has 0 saturated carbocycles. The molecule has 1 amide bonds. The van der Waals surface area contributed by atoms with E-state index < -0.39 is 5.41 Å². The highest BCUT2D eigenvalue weighted by Gasteiger charge is 2.22. The van der Waals surface area contributed by atoms with Crippen LogP contribution in [0.15, 0.2) is 0 Å². The summed E-state index contributed by atoms with van der Waals surface area (Å²) in [5.74, 6) is -0.0670. The first-order valence-electron chi connectivity index (χ1n) is 4.56. The Balaban J connectivity index is 2.61. The second-order valence-corrected chi connectivity index (χ2v) is 5.20. The molecule has 6 heteroatoms. The van der Waals surface area contributed by atoms with E-state index in [9.17, 15) is 4.79 Å². The first-order valence-corrected chi connectivity index (χ1v) is 5.38. The van der Waals surface area contributed by atoms with Gasteiger partial charge < -0.3 is 10.1 Å². The molecule has 0 unspecified atom stereocenters. The van der Waals surface area contributed by atoms with Crippen molar-refractivity contribution in [2.75, 3.05) is 12.4 Å². The Morgan fingerprint density at radius 3 is 2.67 bits per heavy atom. The van der Waals surface area contributed by atoms with Crippen molar-refractivity contribution in [2.24, 2.45) is 5.41 Å². The lowest BCUT2D eigenvalue weighted by atomic mass is 9.96. The summed E-state index contributed by atoms with van der Waals surface area (Å²) in [6.07, 6.45) is 0. The van der Waals surface area contributed by atoms with Crippen LogP contribution in [0.1, 0.15) is 25.8 Å². The van der Waals surface area contributed by atoms with E-state index in [2.05, 4.69) is 15.5 Å². The van der Waals surface area contributed by atoms with E-state index in [0.717, 1.165) is 5.01 Å². The third kappa shape index (κ3) is 3.56. The molecule has 0 bridgehead atoms. The molecule has 15 heavy (non-hydrogen) atoms. The number of carbonyl (C=O) groups is 1. The van der Waals surface area contributed by atoms with Crippen molar-refractivity contribution < 1.29 is 9.53 Å². The average molecular weight is 229 g/mol. The summed E-state index contributed by atoms with van der Waals surface area (Å²) in [6, 6.07) is 0. The molecule has 0 aliphatic heterocycles. The summed E-state index contributed by atoms with van der Waals surface area (Å²) >= 11 is 1.32. The van der Waals surface area contributed by atoms with Crippen LogP contribution in [0.2, 0.25) is 0 Å². The normalized spacial score (nSPS) is 11.5. The number of anilines is 1. The first kappa shape index (κ1) is 12.1. The maximum absolute atomic E-state index is 11.6. The fraction of sp³-hybridized carbons (Fsp3) is 0.667. The molecule has 0 aliphatic rings. The maximum atomic E-state index is 11.6. The molecule has 5 nitrogen and oxygen atoms in total. The number of rotatable bonds is 3. The molecule has 0 atom stereocenters. The van der Waals surface area contributed by atoms with Gasteiger partial charge >= 0.3 is 0 Å². The summed E-state index contributed by atoms with van der Waals surface area (Å²) in [6.45, 7) is 5.96. The predicted octanol–water partition coefficient (Wildman–Crippen LogP) is 1.67. The van der Waals surface area contributed by atoms with E-state index in [1.165, 1.54) is 11.3 Å². The lowest BCUT2D eigenvalue weighted by Crippen LogP contribution is -2.27. The van der Waals surface area contributed by atoms with Crippen molar-refractivity contribution in [3.05, 3.63) is 5.01 Å². The van der Waals surface area contributed by atoms with E-state index in [4.69, 9.17) is 4.74 Å². The minimum atomic E-state index is -0.424. The van der Waals surface area contributed by atoms with Crippen LogP contribution in [0.4, 0.5) is 5.13 Å². The summed E-state index contributed by atoms with van der Waals surface area (Å²) < 4.78 is 4.91. The molecule has 0 radical (unpaired) electrons. The molecule has 1 aromatic rings. The molecular weight excluding hydrogens is 214 g/mol. The van der Waals surface area contributed by atoms with Gasteiger partial charge in [0.1, 0.15) is 11.6 Å². The molecule has 0 spiro atoms. The number of aromatic nitrogens is 2. The Morgan fingerprint density at radius 2 is 2.13 bits per heavy atom. The van der Waals surface area contributed by atoms with E-state index in [1.807, 2.05) is 20.8 Å². The molecule has 0 aliphatic carbocycles. The Bertz CT molecular complexity index is 343. The number of carbonyl (C=O) groups excluding carboxylic acids is 1. The van der Waals surface area contributed by atoms with Gasteiger partial charge in [0.15, 0.2) is 0 Å². The molecule has 84 valence electrons. The largest absolute Gasteiger partial charge is 0.377 e. The first-order chi connectivity index (χ1) is 6.93. The lowest BCUT2D eigenvalue weighted by molar-refractivity contribution is -0.123. The zero-order valence-electron chi connectivity index (χ0n) is 9.33. The van der Waals surface area contributed by atoms with Crippen LogP contribution < -0.4 is 5.32 Å². The van der Waals surface area contributed by atoms with E-state index in [1.54, 1.807) is 7.11 Å². The molecule has 1 heterocycles. The molecule has 1 rings (SSSR count). The van der Waals surface area contributed by atoms with E-state index in [0.29, 0.717) is 11.7 Å². The second-order valence-electron chi connectivity index (χ2n) is 4.14. The van der Waals surface area contributed by atoms with E-state index >= 15 is 0 Å². The second kappa shape index (κ2) is 4.67. The van der Waals surface area contributed by atoms with Gasteiger partial charge in [-0.1, -0.05) is 32.1 Å². The van der Waals surface area contributed by atoms with Crippen LogP contribution in [0, 0.1) is 5.41 Å². The highest BCUT2D eigenvalue weighted by atomic mass is 32.1. The van der Waals surface area contributed by atoms with Crippen LogP contribution >= 0.6 is 11.3 Å². The summed E-state index contributed by atoms with van der Waals surface area (Å²) in [5.41, 5.74) is -0.424. The van der Waals surface area contributed by atoms with Crippen LogP contribution in [0.25, 0.3) is 0 Å². The summed E-state index contributed by atoms with van der Waals surface area (Å²) in [4.78, 5) is 11.6. The standard InChI is InChI=1S/C9H15N3O2S/c1-9(2,3)7(13)10-8-12-11-6(15-8)5-14-4/h5H2,1-4H3,(H,10,12,13). The minimum absolute atomic E-state index is 0.0670. The highest BCUT2D eigenvalue weighted by Crippen LogP contribution is 2.20. The topological polar surface area (TPSA) is 64.1 Å². The number of nitrogens with one attached hydrogen (secondary N) is 1. The number of hydrogen-bond acceptors (Lipinski definition) is 5. The van der Waals surface area contributed by atoms with Crippen LogP contribution in [0.5, 0.6) is 0 Å². The minimum Gasteiger partial charge on any atom is -0.377 e. The molecular formula is C9H15N3O2S. The number of hydrogen-bond donors (Lipinski definition) is 1. The van der Waals surface area contributed by atoms with Crippen molar-refractivity contribution >= 4 is 22.4 Å². The van der Waals surface area contributed by atoms with Crippen molar-refractivity contribution in [2.45, 2.75) is 27.4 Å². The predicted molar refractivity (Wildman–Crippen MR) is 58.7 cm³/mol. The fourth-order valence-corrected chi connectivity index (χ4v) is 1.48. The molecule has 1 N–H and O–H groups in total. The molecule has 0 fully saturated rings. The third-order valence-electron chi connectivity index (χ3n) is 1.64. The summed E-state index contributed by atoms with van der Waals surface area (Å²) in [7, 11) is 1.59.